The topological polar surface area (TPSA) is 61.4 Å². The molecule has 0 bridgehead atoms. The Bertz CT molecular complexity index is 720. The molecule has 28 heavy (non-hydrogen) atoms. The Labute approximate surface area is 168 Å². The van der Waals surface area contributed by atoms with Crippen molar-refractivity contribution in [1.82, 2.24) is 5.32 Å². The van der Waals surface area contributed by atoms with Gasteiger partial charge in [-0.2, -0.15) is 0 Å². The number of hydrogen-bond donors (Lipinski definition) is 3. The number of nitrogens with one attached hydrogen (secondary N) is 2. The molecule has 3 rings (SSSR count). The van der Waals surface area contributed by atoms with E-state index in [1.54, 1.807) is 0 Å². The summed E-state index contributed by atoms with van der Waals surface area (Å²) in [6, 6.07) is 20.2. The number of carbonyl (C=O) groups excluding carboxylic acids is 1. The summed E-state index contributed by atoms with van der Waals surface area (Å²) in [4.78, 5) is 12.1. The first-order valence-corrected chi connectivity index (χ1v) is 10.5. The fraction of sp³-hybridized carbons (Fsp3) is 0.458. The number of amides is 1. The van der Waals surface area contributed by atoms with Crippen molar-refractivity contribution in [3.63, 3.8) is 0 Å². The van der Waals surface area contributed by atoms with Gasteiger partial charge in [0.1, 0.15) is 0 Å². The predicted molar refractivity (Wildman–Crippen MR) is 114 cm³/mol. The zero-order valence-electron chi connectivity index (χ0n) is 16.6. The molecule has 1 fully saturated rings. The van der Waals surface area contributed by atoms with Gasteiger partial charge in [0, 0.05) is 18.2 Å². The van der Waals surface area contributed by atoms with Gasteiger partial charge in [-0.05, 0) is 69.2 Å². The van der Waals surface area contributed by atoms with Crippen molar-refractivity contribution < 1.29 is 9.90 Å². The molecule has 4 heteroatoms. The lowest BCUT2D eigenvalue weighted by atomic mass is 9.85. The van der Waals surface area contributed by atoms with Gasteiger partial charge in [-0.25, -0.2) is 0 Å². The van der Waals surface area contributed by atoms with Crippen LogP contribution in [0.2, 0.25) is 0 Å². The third-order valence-corrected chi connectivity index (χ3v) is 5.61. The molecule has 2 atom stereocenters. The molecule has 1 saturated heterocycles. The van der Waals surface area contributed by atoms with Crippen LogP contribution < -0.4 is 10.6 Å². The molecule has 150 valence electrons. The highest BCUT2D eigenvalue weighted by molar-refractivity contribution is 5.90. The highest BCUT2D eigenvalue weighted by Gasteiger charge is 2.31. The molecule has 0 aliphatic carbocycles. The molecular formula is C24H32N2O2. The van der Waals surface area contributed by atoms with Gasteiger partial charge in [-0.3, -0.25) is 4.79 Å². The first-order valence-electron chi connectivity index (χ1n) is 10.5. The number of hydrogen-bond acceptors (Lipinski definition) is 3. The van der Waals surface area contributed by atoms with Crippen LogP contribution in [0, 0.1) is 0 Å². The van der Waals surface area contributed by atoms with Gasteiger partial charge in [0.15, 0.2) is 0 Å². The molecule has 4 nitrogen and oxygen atoms in total. The average Bonchev–Trinajstić information content (AvgIpc) is 2.90. The third kappa shape index (κ3) is 6.77. The first kappa shape index (κ1) is 20.6. The molecule has 3 N–H and O–H groups in total. The van der Waals surface area contributed by atoms with E-state index in [-0.39, 0.29) is 11.9 Å². The summed E-state index contributed by atoms with van der Waals surface area (Å²) in [5, 5.41) is 17.7. The van der Waals surface area contributed by atoms with E-state index in [1.807, 2.05) is 36.4 Å². The molecule has 1 aliphatic rings. The van der Waals surface area contributed by atoms with E-state index in [1.165, 1.54) is 5.56 Å². The number of carbonyl (C=O) groups is 1. The van der Waals surface area contributed by atoms with Gasteiger partial charge in [-0.1, -0.05) is 48.5 Å². The van der Waals surface area contributed by atoms with Crippen LogP contribution in [0.15, 0.2) is 60.7 Å². The summed E-state index contributed by atoms with van der Waals surface area (Å²) in [6.07, 6.45) is 6.55. The van der Waals surface area contributed by atoms with Gasteiger partial charge in [0.25, 0.3) is 0 Å². The van der Waals surface area contributed by atoms with Crippen LogP contribution in [0.1, 0.15) is 50.5 Å². The number of benzene rings is 2. The fourth-order valence-electron chi connectivity index (χ4n) is 4.06. The number of para-hydroxylation sites is 1. The maximum atomic E-state index is 12.1. The smallest absolute Gasteiger partial charge is 0.224 e. The molecule has 1 amide bonds. The van der Waals surface area contributed by atoms with Gasteiger partial charge in [-0.15, -0.1) is 0 Å². The lowest BCUT2D eigenvalue weighted by molar-refractivity contribution is -0.116. The van der Waals surface area contributed by atoms with E-state index in [9.17, 15) is 9.90 Å². The standard InChI is InChI=1S/C24H32N2O2/c27-23(26-21-11-5-2-6-12-21)14-7-13-22-19-24(28,16-8-18-25-22)17-15-20-9-3-1-4-10-20/h1-6,9-12,22,25,28H,7-8,13-19H2,(H,26,27). The zero-order chi connectivity index (χ0) is 19.7. The molecule has 2 aromatic carbocycles. The lowest BCUT2D eigenvalue weighted by Gasteiger charge is -2.30. The van der Waals surface area contributed by atoms with Crippen molar-refractivity contribution in [3.05, 3.63) is 66.2 Å². The molecule has 0 aromatic heterocycles. The van der Waals surface area contributed by atoms with Crippen LogP contribution in [-0.2, 0) is 11.2 Å². The number of aliphatic hydroxyl groups is 1. The van der Waals surface area contributed by atoms with E-state index in [0.717, 1.165) is 57.2 Å². The van der Waals surface area contributed by atoms with Crippen molar-refractivity contribution in [2.75, 3.05) is 11.9 Å². The van der Waals surface area contributed by atoms with Crippen LogP contribution in [0.4, 0.5) is 5.69 Å². The fourth-order valence-corrected chi connectivity index (χ4v) is 4.06. The summed E-state index contributed by atoms with van der Waals surface area (Å²) < 4.78 is 0. The maximum absolute atomic E-state index is 12.1. The molecule has 2 aromatic rings. The first-order chi connectivity index (χ1) is 13.6. The largest absolute Gasteiger partial charge is 0.390 e. The minimum atomic E-state index is -0.615. The van der Waals surface area contributed by atoms with Gasteiger partial charge < -0.3 is 15.7 Å². The average molecular weight is 381 g/mol. The second-order valence-electron chi connectivity index (χ2n) is 7.98. The van der Waals surface area contributed by atoms with Crippen LogP contribution >= 0.6 is 0 Å². The molecule has 1 aliphatic heterocycles. The van der Waals surface area contributed by atoms with E-state index < -0.39 is 5.60 Å². The number of aryl methyl sites for hydroxylation is 1. The molecule has 0 saturated carbocycles. The number of anilines is 1. The van der Waals surface area contributed by atoms with Crippen LogP contribution in [-0.4, -0.2) is 29.2 Å². The Kier molecular flexibility index (Phi) is 7.63. The minimum absolute atomic E-state index is 0.0548. The molecular weight excluding hydrogens is 348 g/mol. The molecule has 0 radical (unpaired) electrons. The Hall–Kier alpha value is -2.17. The van der Waals surface area contributed by atoms with Gasteiger partial charge in [0.2, 0.25) is 5.91 Å². The van der Waals surface area contributed by atoms with Crippen LogP contribution in [0.25, 0.3) is 0 Å². The van der Waals surface area contributed by atoms with Crippen LogP contribution in [0.5, 0.6) is 0 Å². The zero-order valence-corrected chi connectivity index (χ0v) is 16.6. The summed E-state index contributed by atoms with van der Waals surface area (Å²) in [6.45, 7) is 0.939. The lowest BCUT2D eigenvalue weighted by Crippen LogP contribution is -2.37. The minimum Gasteiger partial charge on any atom is -0.390 e. The highest BCUT2D eigenvalue weighted by atomic mass is 16.3. The Morgan fingerprint density at radius 2 is 1.82 bits per heavy atom. The summed E-state index contributed by atoms with van der Waals surface area (Å²) in [7, 11) is 0. The normalized spacial score (nSPS) is 22.4. The van der Waals surface area contributed by atoms with E-state index in [0.29, 0.717) is 6.42 Å². The second-order valence-corrected chi connectivity index (χ2v) is 7.98. The van der Waals surface area contributed by atoms with Gasteiger partial charge >= 0.3 is 0 Å². The van der Waals surface area contributed by atoms with Crippen molar-refractivity contribution in [3.8, 4) is 0 Å². The van der Waals surface area contributed by atoms with Crippen molar-refractivity contribution >= 4 is 11.6 Å². The predicted octanol–water partition coefficient (Wildman–Crippen LogP) is 4.30. The Morgan fingerprint density at radius 1 is 1.11 bits per heavy atom. The monoisotopic (exact) mass is 380 g/mol. The van der Waals surface area contributed by atoms with Crippen molar-refractivity contribution in [2.24, 2.45) is 0 Å². The Balaban J connectivity index is 1.43. The van der Waals surface area contributed by atoms with Crippen molar-refractivity contribution in [1.29, 1.82) is 0 Å². The quantitative estimate of drug-likeness (QED) is 0.640. The van der Waals surface area contributed by atoms with Crippen LogP contribution in [0.3, 0.4) is 0 Å². The Morgan fingerprint density at radius 3 is 2.57 bits per heavy atom. The summed E-state index contributed by atoms with van der Waals surface area (Å²) >= 11 is 0. The van der Waals surface area contributed by atoms with Gasteiger partial charge in [0.05, 0.1) is 5.60 Å². The molecule has 2 unspecified atom stereocenters. The highest BCUT2D eigenvalue weighted by Crippen LogP contribution is 2.29. The number of rotatable bonds is 8. The maximum Gasteiger partial charge on any atom is 0.224 e. The van der Waals surface area contributed by atoms with E-state index in [4.69, 9.17) is 0 Å². The summed E-state index contributed by atoms with van der Waals surface area (Å²) in [5.41, 5.74) is 1.51. The van der Waals surface area contributed by atoms with E-state index >= 15 is 0 Å². The second kappa shape index (κ2) is 10.4. The summed E-state index contributed by atoms with van der Waals surface area (Å²) in [5.74, 6) is 0.0548. The van der Waals surface area contributed by atoms with Crippen molar-refractivity contribution in [2.45, 2.75) is 63.0 Å². The SMILES string of the molecule is O=C(CCCC1CC(O)(CCc2ccccc2)CCCN1)Nc1ccccc1. The van der Waals surface area contributed by atoms with E-state index in [2.05, 4.69) is 34.9 Å². The molecule has 0 spiro atoms. The third-order valence-electron chi connectivity index (χ3n) is 5.61. The molecule has 1 heterocycles.